The van der Waals surface area contributed by atoms with E-state index in [-0.39, 0.29) is 18.9 Å². The smallest absolute Gasteiger partial charge is 0.408 e. The quantitative estimate of drug-likeness (QED) is 0.131. The van der Waals surface area contributed by atoms with Gasteiger partial charge in [-0.15, -0.1) is 0 Å². The zero-order valence-corrected chi connectivity index (χ0v) is 31.1. The fraction of sp³-hybridized carbons (Fsp3) is 0.550. The standard InChI is InChI=1S/C40H59N3O6/c1-11-13-14-18-24-43(36(45)32(25-28(3)4)42-38(47)49-40(8,9)10)34(31-23-19-22-29(12-2)26-31)35(44)41-33(37(46)48-39(5,6)7)27-30-20-16-15-17-21-30/h12,15-17,19-23,26,28,32-34H,2,11,13-14,18,24-25,27H2,1,3-10H3,(H,41,44)(H,42,47). The molecule has 0 radical (unpaired) electrons. The Morgan fingerprint density at radius 3 is 2.06 bits per heavy atom. The molecule has 0 aliphatic rings. The molecule has 3 atom stereocenters. The van der Waals surface area contributed by atoms with Gasteiger partial charge in [-0.25, -0.2) is 9.59 Å². The number of alkyl carbamates (subject to hydrolysis) is 1. The minimum absolute atomic E-state index is 0.0459. The first-order valence-corrected chi connectivity index (χ1v) is 17.5. The molecule has 0 saturated carbocycles. The maximum atomic E-state index is 14.7. The van der Waals surface area contributed by atoms with Crippen molar-refractivity contribution in [2.24, 2.45) is 5.92 Å². The molecule has 0 heterocycles. The SMILES string of the molecule is C=Cc1cccc(C(C(=O)NC(Cc2ccccc2)C(=O)OC(C)(C)C)N(CCCCCC)C(=O)C(CC(C)C)NC(=O)OC(C)(C)C)c1. The van der Waals surface area contributed by atoms with Gasteiger partial charge in [-0.2, -0.15) is 0 Å². The van der Waals surface area contributed by atoms with Gasteiger partial charge in [0.25, 0.3) is 0 Å². The predicted molar refractivity (Wildman–Crippen MR) is 196 cm³/mol. The molecule has 0 spiro atoms. The molecule has 0 aliphatic carbocycles. The molecule has 0 saturated heterocycles. The zero-order chi connectivity index (χ0) is 36.8. The summed E-state index contributed by atoms with van der Waals surface area (Å²) in [6, 6.07) is 13.6. The molecule has 0 fully saturated rings. The summed E-state index contributed by atoms with van der Waals surface area (Å²) < 4.78 is 11.3. The van der Waals surface area contributed by atoms with Crippen LogP contribution in [0.4, 0.5) is 4.79 Å². The molecule has 2 rings (SSSR count). The molecule has 0 bridgehead atoms. The number of unbranched alkanes of at least 4 members (excludes halogenated alkanes) is 3. The van der Waals surface area contributed by atoms with E-state index in [4.69, 9.17) is 9.47 Å². The number of carbonyl (C=O) groups is 4. The van der Waals surface area contributed by atoms with E-state index in [0.717, 1.165) is 30.4 Å². The molecule has 9 nitrogen and oxygen atoms in total. The molecule has 49 heavy (non-hydrogen) atoms. The molecule has 0 aromatic heterocycles. The molecule has 3 amide bonds. The monoisotopic (exact) mass is 677 g/mol. The van der Waals surface area contributed by atoms with Crippen LogP contribution in [0.25, 0.3) is 6.08 Å². The van der Waals surface area contributed by atoms with Gasteiger partial charge < -0.3 is 25.0 Å². The lowest BCUT2D eigenvalue weighted by Crippen LogP contribution is -2.55. The first-order valence-electron chi connectivity index (χ1n) is 17.5. The number of rotatable bonds is 17. The highest BCUT2D eigenvalue weighted by molar-refractivity contribution is 5.94. The first-order chi connectivity index (χ1) is 22.9. The highest BCUT2D eigenvalue weighted by Crippen LogP contribution is 2.27. The fourth-order valence-electron chi connectivity index (χ4n) is 5.41. The largest absolute Gasteiger partial charge is 0.458 e. The van der Waals surface area contributed by atoms with Crippen molar-refractivity contribution in [1.82, 2.24) is 15.5 Å². The molecule has 9 heteroatoms. The topological polar surface area (TPSA) is 114 Å². The fourth-order valence-corrected chi connectivity index (χ4v) is 5.41. The molecule has 0 aliphatic heterocycles. The third kappa shape index (κ3) is 14.9. The molecule has 3 unspecified atom stereocenters. The Morgan fingerprint density at radius 2 is 1.49 bits per heavy atom. The van der Waals surface area contributed by atoms with E-state index in [2.05, 4.69) is 24.1 Å². The van der Waals surface area contributed by atoms with Crippen LogP contribution in [0.3, 0.4) is 0 Å². The lowest BCUT2D eigenvalue weighted by atomic mass is 9.97. The summed E-state index contributed by atoms with van der Waals surface area (Å²) in [5.41, 5.74) is 0.620. The van der Waals surface area contributed by atoms with Crippen molar-refractivity contribution >= 4 is 30.0 Å². The molecule has 2 aromatic carbocycles. The number of esters is 1. The lowest BCUT2D eigenvalue weighted by molar-refractivity contribution is -0.159. The summed E-state index contributed by atoms with van der Waals surface area (Å²) >= 11 is 0. The summed E-state index contributed by atoms with van der Waals surface area (Å²) in [6.07, 6.45) is 4.95. The highest BCUT2D eigenvalue weighted by atomic mass is 16.6. The number of hydrogen-bond donors (Lipinski definition) is 2. The first kappa shape index (κ1) is 41.0. The van der Waals surface area contributed by atoms with E-state index in [0.29, 0.717) is 18.4 Å². The third-order valence-electron chi connectivity index (χ3n) is 7.54. The Bertz CT molecular complexity index is 1380. The number of carbonyl (C=O) groups excluding carboxylic acids is 4. The molecule has 270 valence electrons. The lowest BCUT2D eigenvalue weighted by Gasteiger charge is -2.36. The van der Waals surface area contributed by atoms with Crippen molar-refractivity contribution in [3.63, 3.8) is 0 Å². The second-order valence-corrected chi connectivity index (χ2v) is 15.0. The van der Waals surface area contributed by atoms with Crippen molar-refractivity contribution in [3.05, 3.63) is 77.9 Å². The summed E-state index contributed by atoms with van der Waals surface area (Å²) in [7, 11) is 0. The van der Waals surface area contributed by atoms with Crippen LogP contribution in [0.5, 0.6) is 0 Å². The number of benzene rings is 2. The second-order valence-electron chi connectivity index (χ2n) is 15.0. The maximum absolute atomic E-state index is 14.7. The third-order valence-corrected chi connectivity index (χ3v) is 7.54. The van der Waals surface area contributed by atoms with Gasteiger partial charge in [0.2, 0.25) is 11.8 Å². The van der Waals surface area contributed by atoms with E-state index in [1.165, 1.54) is 0 Å². The van der Waals surface area contributed by atoms with E-state index in [1.807, 2.05) is 62.4 Å². The summed E-state index contributed by atoms with van der Waals surface area (Å²) in [6.45, 7) is 20.8. The van der Waals surface area contributed by atoms with Crippen molar-refractivity contribution < 1.29 is 28.7 Å². The van der Waals surface area contributed by atoms with E-state index >= 15 is 0 Å². The van der Waals surface area contributed by atoms with Crippen LogP contribution >= 0.6 is 0 Å². The highest BCUT2D eigenvalue weighted by Gasteiger charge is 2.38. The minimum Gasteiger partial charge on any atom is -0.458 e. The van der Waals surface area contributed by atoms with Crippen LogP contribution in [0.15, 0.2) is 61.2 Å². The van der Waals surface area contributed by atoms with Crippen LogP contribution in [-0.4, -0.2) is 58.6 Å². The van der Waals surface area contributed by atoms with E-state index in [9.17, 15) is 19.2 Å². The van der Waals surface area contributed by atoms with Crippen LogP contribution in [0.1, 0.15) is 117 Å². The number of nitrogens with one attached hydrogen (secondary N) is 2. The summed E-state index contributed by atoms with van der Waals surface area (Å²) in [5, 5.41) is 5.76. The van der Waals surface area contributed by atoms with Gasteiger partial charge in [0.1, 0.15) is 29.3 Å². The van der Waals surface area contributed by atoms with Gasteiger partial charge in [0.15, 0.2) is 0 Å². The average molecular weight is 678 g/mol. The van der Waals surface area contributed by atoms with Crippen molar-refractivity contribution in [2.45, 2.75) is 130 Å². The van der Waals surface area contributed by atoms with Gasteiger partial charge in [0, 0.05) is 13.0 Å². The molecular weight excluding hydrogens is 618 g/mol. The Kier molecular flexibility index (Phi) is 16.0. The van der Waals surface area contributed by atoms with Crippen LogP contribution < -0.4 is 10.6 Å². The molecule has 2 aromatic rings. The number of hydrogen-bond acceptors (Lipinski definition) is 6. The Hall–Kier alpha value is -4.14. The predicted octanol–water partition coefficient (Wildman–Crippen LogP) is 7.79. The van der Waals surface area contributed by atoms with Crippen molar-refractivity contribution in [3.8, 4) is 0 Å². The average Bonchev–Trinajstić information content (AvgIpc) is 3.00. The van der Waals surface area contributed by atoms with Crippen molar-refractivity contribution in [1.29, 1.82) is 0 Å². The Morgan fingerprint density at radius 1 is 0.837 bits per heavy atom. The number of ether oxygens (including phenoxy) is 2. The van der Waals surface area contributed by atoms with E-state index < -0.39 is 53.2 Å². The minimum atomic E-state index is -1.12. The maximum Gasteiger partial charge on any atom is 0.408 e. The van der Waals surface area contributed by atoms with Crippen LogP contribution in [0, 0.1) is 5.92 Å². The van der Waals surface area contributed by atoms with Gasteiger partial charge in [-0.3, -0.25) is 9.59 Å². The summed E-state index contributed by atoms with van der Waals surface area (Å²) in [5.74, 6) is -1.47. The van der Waals surface area contributed by atoms with Gasteiger partial charge in [-0.05, 0) is 83.1 Å². The van der Waals surface area contributed by atoms with Crippen LogP contribution in [-0.2, 0) is 30.3 Å². The number of nitrogens with zero attached hydrogens (tertiary/aromatic N) is 1. The molecular formula is C40H59N3O6. The number of amides is 3. The zero-order valence-electron chi connectivity index (χ0n) is 31.1. The van der Waals surface area contributed by atoms with Gasteiger partial charge in [-0.1, -0.05) is 101 Å². The van der Waals surface area contributed by atoms with Gasteiger partial charge in [0.05, 0.1) is 0 Å². The Labute approximate surface area is 294 Å². The van der Waals surface area contributed by atoms with Gasteiger partial charge >= 0.3 is 12.1 Å². The van der Waals surface area contributed by atoms with Crippen LogP contribution in [0.2, 0.25) is 0 Å². The summed E-state index contributed by atoms with van der Waals surface area (Å²) in [4.78, 5) is 57.5. The Balaban J connectivity index is 2.67. The van der Waals surface area contributed by atoms with E-state index in [1.54, 1.807) is 58.6 Å². The second kappa shape index (κ2) is 19.2. The molecule has 2 N–H and O–H groups in total. The normalized spacial score (nSPS) is 13.5. The van der Waals surface area contributed by atoms with Crippen molar-refractivity contribution in [2.75, 3.05) is 6.54 Å².